The molecule has 2 unspecified atom stereocenters. The van der Waals surface area contributed by atoms with Crippen LogP contribution in [0.3, 0.4) is 0 Å². The Balaban J connectivity index is 1.89. The second-order valence-electron chi connectivity index (χ2n) is 11.6. The van der Waals surface area contributed by atoms with Gasteiger partial charge in [-0.25, -0.2) is 13.8 Å². The Hall–Kier alpha value is -3.98. The van der Waals surface area contributed by atoms with Crippen LogP contribution in [0.2, 0.25) is 15.1 Å². The summed E-state index contributed by atoms with van der Waals surface area (Å²) >= 11 is 18.5. The molecule has 0 spiro atoms. The fourth-order valence-corrected chi connectivity index (χ4v) is 6.76. The SMILES string of the molecule is C=CC(=O)N1CCN(c2c(C#N)c(=O)n(C3C(C(C)C)=NC=CC3C)c3nc(-c4c(F)c(O)c(Cl)c(Cl)c4F)c(Cl)cc23)C[C@H]1C. The van der Waals surface area contributed by atoms with Gasteiger partial charge in [0.05, 0.1) is 33.0 Å². The number of carbonyl (C=O) groups is 1. The van der Waals surface area contributed by atoms with Crippen LogP contribution in [0, 0.1) is 34.8 Å². The Labute approximate surface area is 278 Å². The molecule has 14 heteroatoms. The number of allylic oxidation sites excluding steroid dienone is 1. The summed E-state index contributed by atoms with van der Waals surface area (Å²) in [6.45, 7) is 11.9. The van der Waals surface area contributed by atoms with Gasteiger partial charge >= 0.3 is 0 Å². The van der Waals surface area contributed by atoms with Crippen LogP contribution in [0.4, 0.5) is 14.5 Å². The molecule has 2 aliphatic heterocycles. The van der Waals surface area contributed by atoms with Crippen LogP contribution in [0.5, 0.6) is 5.75 Å². The molecule has 1 saturated heterocycles. The van der Waals surface area contributed by atoms with Crippen LogP contribution in [0.15, 0.2) is 40.8 Å². The van der Waals surface area contributed by atoms with E-state index in [0.717, 1.165) is 0 Å². The summed E-state index contributed by atoms with van der Waals surface area (Å²) in [6, 6.07) is 2.41. The molecule has 4 heterocycles. The molecule has 9 nitrogen and oxygen atoms in total. The van der Waals surface area contributed by atoms with E-state index in [2.05, 4.69) is 22.6 Å². The maximum atomic E-state index is 15.5. The van der Waals surface area contributed by atoms with Gasteiger partial charge in [-0.1, -0.05) is 68.2 Å². The van der Waals surface area contributed by atoms with Gasteiger partial charge < -0.3 is 14.9 Å². The number of phenols is 1. The fraction of sp³-hybridized carbons (Fsp3) is 0.344. The molecule has 1 aromatic carbocycles. The van der Waals surface area contributed by atoms with Crippen molar-refractivity contribution in [2.45, 2.75) is 39.8 Å². The minimum Gasteiger partial charge on any atom is -0.504 e. The van der Waals surface area contributed by atoms with Crippen LogP contribution < -0.4 is 10.5 Å². The summed E-state index contributed by atoms with van der Waals surface area (Å²) in [5.41, 5.74) is -1.35. The molecular formula is C32H29Cl3F2N6O3. The molecule has 1 N–H and O–H groups in total. The number of amides is 1. The highest BCUT2D eigenvalue weighted by atomic mass is 35.5. The van der Waals surface area contributed by atoms with Crippen LogP contribution in [0.25, 0.3) is 22.3 Å². The number of aromatic hydroxyl groups is 1. The highest BCUT2D eigenvalue weighted by Crippen LogP contribution is 2.45. The number of phenolic OH excluding ortho intramolecular Hbond substituents is 1. The van der Waals surface area contributed by atoms with Gasteiger partial charge in [0, 0.05) is 48.9 Å². The van der Waals surface area contributed by atoms with E-state index in [9.17, 15) is 20.0 Å². The third kappa shape index (κ3) is 5.32. The molecule has 0 aliphatic carbocycles. The van der Waals surface area contributed by atoms with Gasteiger partial charge in [0.2, 0.25) is 5.91 Å². The second kappa shape index (κ2) is 12.7. The van der Waals surface area contributed by atoms with Gasteiger partial charge in [-0.3, -0.25) is 19.1 Å². The predicted octanol–water partition coefficient (Wildman–Crippen LogP) is 6.90. The molecule has 0 saturated carbocycles. The van der Waals surface area contributed by atoms with E-state index in [-0.39, 0.29) is 70.7 Å². The van der Waals surface area contributed by atoms with Gasteiger partial charge in [0.15, 0.2) is 17.4 Å². The minimum atomic E-state index is -1.45. The highest BCUT2D eigenvalue weighted by molar-refractivity contribution is 6.43. The van der Waals surface area contributed by atoms with E-state index in [1.165, 1.54) is 16.7 Å². The lowest BCUT2D eigenvalue weighted by Crippen LogP contribution is -2.54. The average molecular weight is 690 g/mol. The summed E-state index contributed by atoms with van der Waals surface area (Å²) in [7, 11) is 0. The predicted molar refractivity (Wildman–Crippen MR) is 176 cm³/mol. The molecule has 5 rings (SSSR count). The van der Waals surface area contributed by atoms with Crippen molar-refractivity contribution in [3.8, 4) is 23.1 Å². The van der Waals surface area contributed by atoms with Crippen molar-refractivity contribution in [2.75, 3.05) is 24.5 Å². The number of anilines is 1. The first kappa shape index (κ1) is 33.4. The number of nitriles is 1. The summed E-state index contributed by atoms with van der Waals surface area (Å²) in [4.78, 5) is 39.5. The molecule has 3 aromatic rings. The minimum absolute atomic E-state index is 0.0273. The van der Waals surface area contributed by atoms with E-state index >= 15 is 8.78 Å². The Morgan fingerprint density at radius 1 is 1.20 bits per heavy atom. The van der Waals surface area contributed by atoms with E-state index in [1.54, 1.807) is 22.1 Å². The van der Waals surface area contributed by atoms with Gasteiger partial charge in [-0.05, 0) is 25.0 Å². The summed E-state index contributed by atoms with van der Waals surface area (Å²) in [6.07, 6.45) is 4.68. The topological polar surface area (TPSA) is 115 Å². The zero-order valence-electron chi connectivity index (χ0n) is 25.3. The van der Waals surface area contributed by atoms with Crippen molar-refractivity contribution in [1.82, 2.24) is 14.5 Å². The first-order chi connectivity index (χ1) is 21.7. The largest absolute Gasteiger partial charge is 0.504 e. The standard InChI is InChI=1S/C32H29Cl3F2N6O3/c1-6-20(44)42-10-9-41(13-16(42)5)29-17-11-19(33)27(21-24(36)22(34)23(35)30(45)25(21)37)40-31(17)43(32(46)18(29)12-38)28-15(4)7-8-39-26(28)14(2)3/h6-8,11,14-16,28,45H,1,9-10,13H2,2-5H3/t15?,16-,28?/m1/s1. The first-order valence-corrected chi connectivity index (χ1v) is 15.5. The van der Waals surface area contributed by atoms with Crippen LogP contribution in [-0.4, -0.2) is 56.9 Å². The third-order valence-corrected chi connectivity index (χ3v) is 9.49. The number of piperazine rings is 1. The van der Waals surface area contributed by atoms with Gasteiger partial charge in [0.25, 0.3) is 5.56 Å². The number of aliphatic imine (C=N–C) groups is 1. The lowest BCUT2D eigenvalue weighted by Gasteiger charge is -2.41. The number of rotatable bonds is 5. The van der Waals surface area contributed by atoms with Gasteiger partial charge in [-0.2, -0.15) is 5.26 Å². The number of carbonyl (C=O) groups excluding carboxylic acids is 1. The van der Waals surface area contributed by atoms with Crippen LogP contribution in [0.1, 0.15) is 39.3 Å². The van der Waals surface area contributed by atoms with Crippen molar-refractivity contribution in [1.29, 1.82) is 5.26 Å². The second-order valence-corrected chi connectivity index (χ2v) is 12.7. The number of nitrogens with zero attached hydrogens (tertiary/aromatic N) is 6. The van der Waals surface area contributed by atoms with Crippen molar-refractivity contribution >= 4 is 63.1 Å². The van der Waals surface area contributed by atoms with Gasteiger partial charge in [-0.15, -0.1) is 0 Å². The number of halogens is 5. The normalized spacial score (nSPS) is 19.8. The fourth-order valence-electron chi connectivity index (χ4n) is 6.16. The van der Waals surface area contributed by atoms with E-state index in [4.69, 9.17) is 34.8 Å². The molecule has 240 valence electrons. The maximum Gasteiger partial charge on any atom is 0.272 e. The number of benzene rings is 1. The van der Waals surface area contributed by atoms with E-state index in [0.29, 0.717) is 5.71 Å². The van der Waals surface area contributed by atoms with Crippen molar-refractivity contribution in [2.24, 2.45) is 16.8 Å². The van der Waals surface area contributed by atoms with E-state index < -0.39 is 50.3 Å². The lowest BCUT2D eigenvalue weighted by atomic mass is 9.88. The van der Waals surface area contributed by atoms with Crippen molar-refractivity contribution in [3.05, 3.63) is 73.6 Å². The smallest absolute Gasteiger partial charge is 0.272 e. The molecule has 3 atom stereocenters. The molecule has 1 amide bonds. The summed E-state index contributed by atoms with van der Waals surface area (Å²) < 4.78 is 32.3. The molecule has 0 bridgehead atoms. The average Bonchev–Trinajstić information content (AvgIpc) is 3.02. The van der Waals surface area contributed by atoms with Crippen LogP contribution >= 0.6 is 34.8 Å². The van der Waals surface area contributed by atoms with Crippen LogP contribution in [-0.2, 0) is 4.79 Å². The zero-order chi connectivity index (χ0) is 33.8. The monoisotopic (exact) mass is 688 g/mol. The maximum absolute atomic E-state index is 15.5. The number of pyridine rings is 2. The molecular weight excluding hydrogens is 661 g/mol. The molecule has 2 aliphatic rings. The third-order valence-electron chi connectivity index (χ3n) is 8.38. The number of hydrogen-bond donors (Lipinski definition) is 1. The summed E-state index contributed by atoms with van der Waals surface area (Å²) in [5, 5.41) is 19.3. The zero-order valence-corrected chi connectivity index (χ0v) is 27.6. The Morgan fingerprint density at radius 3 is 2.50 bits per heavy atom. The number of aromatic nitrogens is 2. The Kier molecular flexibility index (Phi) is 9.19. The van der Waals surface area contributed by atoms with Crippen molar-refractivity contribution in [3.63, 3.8) is 0 Å². The molecule has 0 radical (unpaired) electrons. The molecule has 2 aromatic heterocycles. The molecule has 1 fully saturated rings. The highest BCUT2D eigenvalue weighted by Gasteiger charge is 2.36. The van der Waals surface area contributed by atoms with E-state index in [1.807, 2.05) is 27.7 Å². The van der Waals surface area contributed by atoms with Crippen molar-refractivity contribution < 1.29 is 18.7 Å². The molecule has 46 heavy (non-hydrogen) atoms. The number of hydrogen-bond acceptors (Lipinski definition) is 7. The summed E-state index contributed by atoms with van der Waals surface area (Å²) in [5.74, 6) is -4.54. The number of fused-ring (bicyclic) bond motifs is 1. The van der Waals surface area contributed by atoms with Gasteiger partial charge in [0.1, 0.15) is 22.3 Å². The Bertz CT molecular complexity index is 1940. The lowest BCUT2D eigenvalue weighted by molar-refractivity contribution is -0.128. The Morgan fingerprint density at radius 2 is 1.89 bits per heavy atom. The first-order valence-electron chi connectivity index (χ1n) is 14.4. The quantitative estimate of drug-likeness (QED) is 0.177.